The van der Waals surface area contributed by atoms with Crippen molar-refractivity contribution in [3.8, 4) is 0 Å². The number of fused-ring (bicyclic) bond motifs is 1. The molecule has 1 aromatic carbocycles. The number of aromatic nitrogens is 2. The summed E-state index contributed by atoms with van der Waals surface area (Å²) in [4.78, 5) is 47.0. The molecule has 0 unspecified atom stereocenters. The quantitative estimate of drug-likeness (QED) is 0.200. The molecule has 2 aromatic heterocycles. The zero-order valence-corrected chi connectivity index (χ0v) is 22.2. The molecule has 0 aliphatic heterocycles. The molecule has 0 spiro atoms. The van der Waals surface area contributed by atoms with E-state index in [9.17, 15) is 27.6 Å². The van der Waals surface area contributed by atoms with Crippen LogP contribution >= 0.6 is 11.6 Å². The standard InChI is InChI=1S/C27H27ClF3N5O4/c1-40-21(38)12-20(37)22-17-3-2-10-33-23(17)24(35-16-7-5-15(32)6-8-16)25(36-22)26(39)34-13-14-4-9-19(28)18(11-14)27(29,30)31/h2-4,9-11,15-16,35H,5-8,12-13,32H2,1H3,(H,34,39). The number of halogens is 4. The summed E-state index contributed by atoms with van der Waals surface area (Å²) < 4.78 is 44.5. The van der Waals surface area contributed by atoms with Gasteiger partial charge in [0.25, 0.3) is 5.91 Å². The van der Waals surface area contributed by atoms with E-state index in [4.69, 9.17) is 17.3 Å². The van der Waals surface area contributed by atoms with Crippen LogP contribution in [-0.2, 0) is 22.3 Å². The monoisotopic (exact) mass is 577 g/mol. The number of nitrogens with two attached hydrogens (primary N) is 1. The number of pyridine rings is 2. The fraction of sp³-hybridized carbons (Fsp3) is 0.370. The molecule has 1 aliphatic carbocycles. The number of esters is 1. The van der Waals surface area contributed by atoms with Crippen LogP contribution in [0.25, 0.3) is 10.9 Å². The van der Waals surface area contributed by atoms with E-state index in [1.165, 1.54) is 12.3 Å². The number of ether oxygens (including phenoxy) is 1. The first-order valence-corrected chi connectivity index (χ1v) is 12.9. The number of hydrogen-bond acceptors (Lipinski definition) is 8. The van der Waals surface area contributed by atoms with Crippen molar-refractivity contribution in [3.05, 3.63) is 64.1 Å². The van der Waals surface area contributed by atoms with Gasteiger partial charge < -0.3 is 21.1 Å². The Morgan fingerprint density at radius 1 is 1.12 bits per heavy atom. The molecule has 9 nitrogen and oxygen atoms in total. The number of carbonyl (C=O) groups excluding carboxylic acids is 3. The van der Waals surface area contributed by atoms with Crippen LogP contribution in [0.2, 0.25) is 5.02 Å². The Morgan fingerprint density at radius 2 is 1.85 bits per heavy atom. The minimum absolute atomic E-state index is 0.0550. The summed E-state index contributed by atoms with van der Waals surface area (Å²) in [6, 6.07) is 6.55. The zero-order valence-electron chi connectivity index (χ0n) is 21.5. The lowest BCUT2D eigenvalue weighted by molar-refractivity contribution is -0.139. The van der Waals surface area contributed by atoms with Crippen molar-refractivity contribution in [3.63, 3.8) is 0 Å². The number of rotatable bonds is 8. The van der Waals surface area contributed by atoms with E-state index >= 15 is 0 Å². The average Bonchev–Trinajstić information content (AvgIpc) is 2.92. The van der Waals surface area contributed by atoms with Gasteiger partial charge in [0.2, 0.25) is 0 Å². The summed E-state index contributed by atoms with van der Waals surface area (Å²) in [6.45, 7) is -0.274. The van der Waals surface area contributed by atoms with E-state index in [-0.39, 0.29) is 46.8 Å². The van der Waals surface area contributed by atoms with Crippen molar-refractivity contribution >= 4 is 45.9 Å². The molecule has 1 fully saturated rings. The number of amides is 1. The lowest BCUT2D eigenvalue weighted by atomic mass is 9.91. The fourth-order valence-corrected chi connectivity index (χ4v) is 4.79. The summed E-state index contributed by atoms with van der Waals surface area (Å²) in [5.41, 5.74) is 5.39. The highest BCUT2D eigenvalue weighted by Gasteiger charge is 2.33. The highest BCUT2D eigenvalue weighted by atomic mass is 35.5. The topological polar surface area (TPSA) is 136 Å². The molecule has 212 valence electrons. The number of nitrogens with zero attached hydrogens (tertiary/aromatic N) is 2. The van der Waals surface area contributed by atoms with Crippen LogP contribution in [0.15, 0.2) is 36.5 Å². The van der Waals surface area contributed by atoms with E-state index in [1.807, 2.05) is 0 Å². The SMILES string of the molecule is COC(=O)CC(=O)c1nc(C(=O)NCc2ccc(Cl)c(C(F)(F)F)c2)c(NC2CCC(N)CC2)c2ncccc12. The summed E-state index contributed by atoms with van der Waals surface area (Å²) in [7, 11) is 1.14. The number of ketones is 1. The van der Waals surface area contributed by atoms with Crippen LogP contribution in [0.3, 0.4) is 0 Å². The highest BCUT2D eigenvalue weighted by Crippen LogP contribution is 2.35. The van der Waals surface area contributed by atoms with Crippen molar-refractivity contribution in [2.75, 3.05) is 12.4 Å². The minimum atomic E-state index is -4.67. The van der Waals surface area contributed by atoms with Crippen molar-refractivity contribution in [1.82, 2.24) is 15.3 Å². The van der Waals surface area contributed by atoms with E-state index in [1.54, 1.807) is 12.1 Å². The Kier molecular flexibility index (Phi) is 8.89. The number of hydrogen-bond donors (Lipinski definition) is 3. The molecule has 40 heavy (non-hydrogen) atoms. The van der Waals surface area contributed by atoms with Crippen molar-refractivity contribution in [2.24, 2.45) is 5.73 Å². The molecule has 0 saturated heterocycles. The Balaban J connectivity index is 1.73. The molecule has 3 aromatic rings. The van der Waals surface area contributed by atoms with Gasteiger partial charge >= 0.3 is 12.1 Å². The molecule has 0 radical (unpaired) electrons. The van der Waals surface area contributed by atoms with Gasteiger partial charge in [0.15, 0.2) is 11.5 Å². The lowest BCUT2D eigenvalue weighted by Crippen LogP contribution is -2.34. The summed E-state index contributed by atoms with van der Waals surface area (Å²) in [6.07, 6.45) is -0.788. The average molecular weight is 578 g/mol. The fourth-order valence-electron chi connectivity index (χ4n) is 4.57. The van der Waals surface area contributed by atoms with Crippen LogP contribution in [0.5, 0.6) is 0 Å². The van der Waals surface area contributed by atoms with Gasteiger partial charge in [-0.1, -0.05) is 17.7 Å². The van der Waals surface area contributed by atoms with Gasteiger partial charge in [-0.25, -0.2) is 4.98 Å². The first kappa shape index (κ1) is 29.2. The third-order valence-electron chi connectivity index (χ3n) is 6.68. The number of Topliss-reactive ketones (excluding diaryl/α,β-unsaturated/α-hetero) is 1. The van der Waals surface area contributed by atoms with Gasteiger partial charge in [-0.3, -0.25) is 19.4 Å². The predicted octanol–water partition coefficient (Wildman–Crippen LogP) is 4.66. The van der Waals surface area contributed by atoms with Gasteiger partial charge in [0, 0.05) is 30.2 Å². The number of alkyl halides is 3. The van der Waals surface area contributed by atoms with Crippen LogP contribution < -0.4 is 16.4 Å². The Morgan fingerprint density at radius 3 is 2.52 bits per heavy atom. The molecular weight excluding hydrogens is 551 g/mol. The van der Waals surface area contributed by atoms with Gasteiger partial charge in [0.1, 0.15) is 12.1 Å². The lowest BCUT2D eigenvalue weighted by Gasteiger charge is -2.28. The second kappa shape index (κ2) is 12.2. The molecular formula is C27H27ClF3N5O4. The maximum atomic E-state index is 13.5. The van der Waals surface area contributed by atoms with Crippen LogP contribution in [0.4, 0.5) is 18.9 Å². The van der Waals surface area contributed by atoms with Gasteiger partial charge in [-0.15, -0.1) is 0 Å². The third kappa shape index (κ3) is 6.68. The molecule has 1 saturated carbocycles. The number of methoxy groups -OCH3 is 1. The summed E-state index contributed by atoms with van der Waals surface area (Å²) in [5.74, 6) is -2.21. The van der Waals surface area contributed by atoms with Crippen LogP contribution in [0, 0.1) is 0 Å². The summed E-state index contributed by atoms with van der Waals surface area (Å²) >= 11 is 5.71. The summed E-state index contributed by atoms with van der Waals surface area (Å²) in [5, 5.41) is 5.78. The van der Waals surface area contributed by atoms with E-state index < -0.39 is 40.8 Å². The number of carbonyl (C=O) groups is 3. The van der Waals surface area contributed by atoms with Crippen molar-refractivity contribution in [1.29, 1.82) is 0 Å². The molecule has 1 aliphatic rings. The molecule has 1 amide bonds. The number of benzene rings is 1. The molecule has 4 N–H and O–H groups in total. The Hall–Kier alpha value is -3.77. The predicted molar refractivity (Wildman–Crippen MR) is 142 cm³/mol. The largest absolute Gasteiger partial charge is 0.469 e. The maximum Gasteiger partial charge on any atom is 0.417 e. The maximum absolute atomic E-state index is 13.5. The third-order valence-corrected chi connectivity index (χ3v) is 7.01. The molecule has 4 rings (SSSR count). The van der Waals surface area contributed by atoms with Crippen molar-refractivity contribution < 1.29 is 32.3 Å². The second-order valence-corrected chi connectivity index (χ2v) is 9.92. The van der Waals surface area contributed by atoms with E-state index in [2.05, 4.69) is 25.3 Å². The Bertz CT molecular complexity index is 1440. The number of anilines is 1. The van der Waals surface area contributed by atoms with Gasteiger partial charge in [0.05, 0.1) is 28.9 Å². The molecule has 13 heteroatoms. The van der Waals surface area contributed by atoms with Crippen LogP contribution in [-0.4, -0.2) is 46.8 Å². The second-order valence-electron chi connectivity index (χ2n) is 9.51. The number of nitrogens with one attached hydrogen (secondary N) is 2. The van der Waals surface area contributed by atoms with Crippen LogP contribution in [0.1, 0.15) is 64.2 Å². The normalized spacial score (nSPS) is 17.4. The van der Waals surface area contributed by atoms with Gasteiger partial charge in [-0.2, -0.15) is 13.2 Å². The first-order valence-electron chi connectivity index (χ1n) is 12.5. The molecule has 0 atom stereocenters. The van der Waals surface area contributed by atoms with Gasteiger partial charge in [-0.05, 0) is 55.5 Å². The molecule has 0 bridgehead atoms. The molecule has 2 heterocycles. The Labute approximate surface area is 232 Å². The van der Waals surface area contributed by atoms with E-state index in [0.717, 1.165) is 44.9 Å². The van der Waals surface area contributed by atoms with Crippen molar-refractivity contribution in [2.45, 2.75) is 56.9 Å². The highest BCUT2D eigenvalue weighted by molar-refractivity contribution is 6.31. The minimum Gasteiger partial charge on any atom is -0.469 e. The zero-order chi connectivity index (χ0) is 29.0. The first-order chi connectivity index (χ1) is 19.0. The van der Waals surface area contributed by atoms with E-state index in [0.29, 0.717) is 5.39 Å². The smallest absolute Gasteiger partial charge is 0.417 e.